The van der Waals surface area contributed by atoms with Crippen LogP contribution in [0.15, 0.2) is 29.3 Å². The third-order valence-electron chi connectivity index (χ3n) is 6.66. The zero-order valence-electron chi connectivity index (χ0n) is 20.0. The van der Waals surface area contributed by atoms with Crippen LogP contribution in [0.25, 0.3) is 11.0 Å². The molecule has 12 heteroatoms. The summed E-state index contributed by atoms with van der Waals surface area (Å²) in [6.07, 6.45) is -2.46. The minimum Gasteiger partial charge on any atom is -0.399 e. The van der Waals surface area contributed by atoms with Gasteiger partial charge in [-0.3, -0.25) is 14.2 Å². The molecule has 8 nitrogen and oxygen atoms in total. The standard InChI is InChI=1S/C24H26F4N6O2/c1-12(16-8-15(29)9-19(20(16)25)24(26,27)28)32-21-18-10-17(14-4-6-34(7-5-14)13(2)35)23(36)33(3)22(18)31-11-30-21/h8-12,14H,4-7,29H2,1-3H3,(H,30,31,32)/t12-/m1/s1. The minimum atomic E-state index is -4.90. The Morgan fingerprint density at radius 2 is 1.86 bits per heavy atom. The predicted molar refractivity (Wildman–Crippen MR) is 127 cm³/mol. The maximum absolute atomic E-state index is 14.8. The van der Waals surface area contributed by atoms with E-state index in [-0.39, 0.29) is 34.5 Å². The molecule has 4 rings (SSSR count). The van der Waals surface area contributed by atoms with E-state index in [4.69, 9.17) is 5.73 Å². The number of amides is 1. The smallest absolute Gasteiger partial charge is 0.399 e. The third-order valence-corrected chi connectivity index (χ3v) is 6.66. The van der Waals surface area contributed by atoms with Crippen molar-refractivity contribution in [3.8, 4) is 0 Å². The van der Waals surface area contributed by atoms with Crippen molar-refractivity contribution in [2.75, 3.05) is 24.1 Å². The lowest BCUT2D eigenvalue weighted by atomic mass is 9.89. The highest BCUT2D eigenvalue weighted by Crippen LogP contribution is 2.37. The number of hydrogen-bond donors (Lipinski definition) is 2. The fourth-order valence-corrected chi connectivity index (χ4v) is 4.68. The molecule has 3 aromatic rings. The number of piperidine rings is 1. The number of likely N-dealkylation sites (tertiary alicyclic amines) is 1. The van der Waals surface area contributed by atoms with Gasteiger partial charge in [-0.2, -0.15) is 13.2 Å². The molecular weight excluding hydrogens is 480 g/mol. The van der Waals surface area contributed by atoms with Crippen molar-refractivity contribution >= 4 is 28.4 Å². The number of pyridine rings is 1. The summed E-state index contributed by atoms with van der Waals surface area (Å²) in [5.74, 6) is -1.28. The van der Waals surface area contributed by atoms with Gasteiger partial charge in [0.25, 0.3) is 5.56 Å². The van der Waals surface area contributed by atoms with Crippen LogP contribution in [0.4, 0.5) is 29.1 Å². The van der Waals surface area contributed by atoms with E-state index in [0.29, 0.717) is 48.6 Å². The molecule has 1 saturated heterocycles. The van der Waals surface area contributed by atoms with Crippen LogP contribution in [0.5, 0.6) is 0 Å². The quantitative estimate of drug-likeness (QED) is 0.410. The molecule has 1 atom stereocenters. The van der Waals surface area contributed by atoms with Crippen molar-refractivity contribution in [1.82, 2.24) is 19.4 Å². The van der Waals surface area contributed by atoms with Crippen molar-refractivity contribution in [2.24, 2.45) is 7.05 Å². The van der Waals surface area contributed by atoms with E-state index in [1.54, 1.807) is 18.0 Å². The molecule has 192 valence electrons. The first kappa shape index (κ1) is 25.4. The van der Waals surface area contributed by atoms with Gasteiger partial charge in [-0.05, 0) is 43.9 Å². The van der Waals surface area contributed by atoms with Crippen molar-refractivity contribution in [3.63, 3.8) is 0 Å². The summed E-state index contributed by atoms with van der Waals surface area (Å²) in [4.78, 5) is 34.9. The number of rotatable bonds is 4. The van der Waals surface area contributed by atoms with Crippen LogP contribution in [-0.2, 0) is 18.0 Å². The van der Waals surface area contributed by atoms with E-state index in [1.807, 2.05) is 0 Å². The van der Waals surface area contributed by atoms with Gasteiger partial charge in [-0.15, -0.1) is 0 Å². The number of halogens is 4. The van der Waals surface area contributed by atoms with Crippen LogP contribution in [0, 0.1) is 5.82 Å². The number of nitrogen functional groups attached to an aromatic ring is 1. The van der Waals surface area contributed by atoms with Crippen LogP contribution in [0.1, 0.15) is 55.3 Å². The minimum absolute atomic E-state index is 0.0174. The molecule has 1 aliphatic rings. The number of aryl methyl sites for hydroxylation is 1. The van der Waals surface area contributed by atoms with Crippen LogP contribution >= 0.6 is 0 Å². The normalized spacial score (nSPS) is 15.8. The molecule has 1 aromatic carbocycles. The van der Waals surface area contributed by atoms with Gasteiger partial charge in [0.05, 0.1) is 17.0 Å². The Morgan fingerprint density at radius 3 is 2.47 bits per heavy atom. The van der Waals surface area contributed by atoms with E-state index < -0.39 is 23.6 Å². The van der Waals surface area contributed by atoms with E-state index >= 15 is 0 Å². The molecule has 0 aliphatic carbocycles. The zero-order chi connectivity index (χ0) is 26.4. The lowest BCUT2D eigenvalue weighted by Gasteiger charge is -2.31. The van der Waals surface area contributed by atoms with E-state index in [0.717, 1.165) is 6.07 Å². The Balaban J connectivity index is 1.73. The number of alkyl halides is 3. The Morgan fingerprint density at radius 1 is 1.19 bits per heavy atom. The third kappa shape index (κ3) is 4.71. The van der Waals surface area contributed by atoms with Gasteiger partial charge in [0, 0.05) is 43.9 Å². The topological polar surface area (TPSA) is 106 Å². The highest BCUT2D eigenvalue weighted by atomic mass is 19.4. The number of nitrogens with one attached hydrogen (secondary N) is 1. The van der Waals surface area contributed by atoms with Gasteiger partial charge < -0.3 is 16.0 Å². The summed E-state index contributed by atoms with van der Waals surface area (Å²) in [5.41, 5.74) is 4.33. The Labute approximate surface area is 204 Å². The molecule has 2 aromatic heterocycles. The molecule has 0 saturated carbocycles. The molecule has 0 bridgehead atoms. The lowest BCUT2D eigenvalue weighted by molar-refractivity contribution is -0.140. The average molecular weight is 507 g/mol. The number of benzene rings is 1. The average Bonchev–Trinajstić information content (AvgIpc) is 2.82. The molecule has 0 spiro atoms. The van der Waals surface area contributed by atoms with E-state index in [9.17, 15) is 27.2 Å². The second-order valence-corrected chi connectivity index (χ2v) is 9.04. The zero-order valence-corrected chi connectivity index (χ0v) is 20.0. The number of aromatic nitrogens is 3. The summed E-state index contributed by atoms with van der Waals surface area (Å²) in [7, 11) is 1.58. The van der Waals surface area contributed by atoms with Gasteiger partial charge >= 0.3 is 6.18 Å². The molecule has 1 aliphatic heterocycles. The van der Waals surface area contributed by atoms with Crippen LogP contribution in [0.2, 0.25) is 0 Å². The number of hydrogen-bond acceptors (Lipinski definition) is 6. The summed E-state index contributed by atoms with van der Waals surface area (Å²) in [6.45, 7) is 4.06. The summed E-state index contributed by atoms with van der Waals surface area (Å²) < 4.78 is 56.1. The number of carbonyl (C=O) groups is 1. The molecule has 0 unspecified atom stereocenters. The summed E-state index contributed by atoms with van der Waals surface area (Å²) >= 11 is 0. The first-order chi connectivity index (χ1) is 16.9. The van der Waals surface area contributed by atoms with Gasteiger partial charge in [0.15, 0.2) is 0 Å². The number of carbonyl (C=O) groups excluding carboxylic acids is 1. The lowest BCUT2D eigenvalue weighted by Crippen LogP contribution is -2.38. The molecule has 1 amide bonds. The highest BCUT2D eigenvalue weighted by molar-refractivity contribution is 5.87. The van der Waals surface area contributed by atoms with Crippen molar-refractivity contribution in [1.29, 1.82) is 0 Å². The van der Waals surface area contributed by atoms with Crippen molar-refractivity contribution < 1.29 is 22.4 Å². The van der Waals surface area contributed by atoms with Crippen molar-refractivity contribution in [3.05, 3.63) is 57.4 Å². The van der Waals surface area contributed by atoms with E-state index in [2.05, 4.69) is 15.3 Å². The van der Waals surface area contributed by atoms with Gasteiger partial charge in [-0.1, -0.05) is 0 Å². The van der Waals surface area contributed by atoms with E-state index in [1.165, 1.54) is 24.7 Å². The second kappa shape index (κ2) is 9.40. The number of anilines is 2. The molecule has 1 fully saturated rings. The Hall–Kier alpha value is -3.70. The molecule has 36 heavy (non-hydrogen) atoms. The Bertz CT molecular complexity index is 1380. The van der Waals surface area contributed by atoms with Gasteiger partial charge in [0.1, 0.15) is 23.6 Å². The molecule has 3 heterocycles. The van der Waals surface area contributed by atoms with Gasteiger partial charge in [0.2, 0.25) is 5.91 Å². The Kier molecular flexibility index (Phi) is 6.63. The number of nitrogens with two attached hydrogens (primary N) is 1. The summed E-state index contributed by atoms with van der Waals surface area (Å²) in [6, 6.07) is 2.45. The maximum Gasteiger partial charge on any atom is 0.419 e. The fraction of sp³-hybridized carbons (Fsp3) is 0.417. The SMILES string of the molecule is CC(=O)N1CCC(c2cc3c(N[C@H](C)c4cc(N)cc(C(F)(F)F)c4F)ncnc3n(C)c2=O)CC1. The summed E-state index contributed by atoms with van der Waals surface area (Å²) in [5, 5.41) is 3.43. The highest BCUT2D eigenvalue weighted by Gasteiger charge is 2.36. The second-order valence-electron chi connectivity index (χ2n) is 9.04. The van der Waals surface area contributed by atoms with Crippen LogP contribution < -0.4 is 16.6 Å². The maximum atomic E-state index is 14.8. The first-order valence-electron chi connectivity index (χ1n) is 11.4. The molecule has 3 N–H and O–H groups in total. The largest absolute Gasteiger partial charge is 0.419 e. The number of nitrogens with zero attached hydrogens (tertiary/aromatic N) is 4. The molecular formula is C24H26F4N6O2. The van der Waals surface area contributed by atoms with Crippen LogP contribution in [0.3, 0.4) is 0 Å². The predicted octanol–water partition coefficient (Wildman–Crippen LogP) is 3.97. The number of fused-ring (bicyclic) bond motifs is 1. The van der Waals surface area contributed by atoms with Gasteiger partial charge in [-0.25, -0.2) is 14.4 Å². The monoisotopic (exact) mass is 506 g/mol. The van der Waals surface area contributed by atoms with Crippen molar-refractivity contribution in [2.45, 2.75) is 44.8 Å². The fourth-order valence-electron chi connectivity index (χ4n) is 4.68. The van der Waals surface area contributed by atoms with Crippen LogP contribution in [-0.4, -0.2) is 38.4 Å². The molecule has 0 radical (unpaired) electrons. The first-order valence-corrected chi connectivity index (χ1v) is 11.4.